The second-order valence-electron chi connectivity index (χ2n) is 6.87. The van der Waals surface area contributed by atoms with Gasteiger partial charge >= 0.3 is 11.9 Å². The van der Waals surface area contributed by atoms with E-state index in [1.807, 2.05) is 30.7 Å². The van der Waals surface area contributed by atoms with Crippen LogP contribution in [0.25, 0.3) is 11.2 Å². The molecule has 0 aliphatic heterocycles. The highest BCUT2D eigenvalue weighted by molar-refractivity contribution is 7.12. The van der Waals surface area contributed by atoms with Crippen molar-refractivity contribution in [2.24, 2.45) is 0 Å². The molecule has 0 N–H and O–H groups in total. The molecule has 0 unspecified atom stereocenters. The first kappa shape index (κ1) is 22.2. The van der Waals surface area contributed by atoms with Crippen molar-refractivity contribution in [1.82, 2.24) is 9.55 Å². The van der Waals surface area contributed by atoms with Gasteiger partial charge in [-0.05, 0) is 45.9 Å². The molecule has 0 aliphatic carbocycles. The number of ether oxygens (including phenoxy) is 2. The van der Waals surface area contributed by atoms with Crippen LogP contribution in [0.3, 0.4) is 0 Å². The van der Waals surface area contributed by atoms with Crippen molar-refractivity contribution >= 4 is 35.1 Å². The molecule has 3 aromatic heterocycles. The Morgan fingerprint density at radius 2 is 1.90 bits per heavy atom. The fourth-order valence-corrected chi connectivity index (χ4v) is 4.01. The predicted octanol–water partition coefficient (Wildman–Crippen LogP) is 3.99. The number of thiazole rings is 1. The van der Waals surface area contributed by atoms with Crippen molar-refractivity contribution in [3.05, 3.63) is 63.3 Å². The van der Waals surface area contributed by atoms with Crippen LogP contribution in [0.2, 0.25) is 0 Å². The third-order valence-electron chi connectivity index (χ3n) is 4.60. The summed E-state index contributed by atoms with van der Waals surface area (Å²) in [4.78, 5) is 40.7. The van der Waals surface area contributed by atoms with Crippen LogP contribution in [0, 0.1) is 27.7 Å². The summed E-state index contributed by atoms with van der Waals surface area (Å²) in [6.45, 7) is 6.85. The van der Waals surface area contributed by atoms with Crippen LogP contribution in [0.1, 0.15) is 49.3 Å². The maximum absolute atomic E-state index is 12.6. The fraction of sp³-hybridized carbons (Fsp3) is 0.273. The van der Waals surface area contributed by atoms with Gasteiger partial charge in [-0.2, -0.15) is 0 Å². The number of esters is 2. The number of furan rings is 1. The lowest BCUT2D eigenvalue weighted by Crippen LogP contribution is -2.13. The van der Waals surface area contributed by atoms with Gasteiger partial charge in [-0.3, -0.25) is 9.36 Å². The van der Waals surface area contributed by atoms with E-state index in [4.69, 9.17) is 9.15 Å². The van der Waals surface area contributed by atoms with Gasteiger partial charge in [-0.25, -0.2) is 14.6 Å². The molecule has 0 aliphatic rings. The van der Waals surface area contributed by atoms with Gasteiger partial charge in [0.1, 0.15) is 17.1 Å². The van der Waals surface area contributed by atoms with E-state index in [2.05, 4.69) is 9.72 Å². The van der Waals surface area contributed by atoms with Crippen molar-refractivity contribution in [3.8, 4) is 5.13 Å². The zero-order chi connectivity index (χ0) is 22.7. The maximum Gasteiger partial charge on any atom is 0.341 e. The number of methoxy groups -OCH3 is 1. The molecule has 9 heteroatoms. The minimum atomic E-state index is -0.702. The fourth-order valence-electron chi connectivity index (χ4n) is 3.10. The SMILES string of the molecule is COC(=O)c1cc(/C=C/C(=O)OCC(=O)c2cc(C)n(-c3nc(C)cs3)c2C)oc1C. The number of hydrogen-bond donors (Lipinski definition) is 0. The van der Waals surface area contributed by atoms with E-state index in [9.17, 15) is 14.4 Å². The average Bonchev–Trinajstić information content (AvgIpc) is 3.40. The van der Waals surface area contributed by atoms with Crippen molar-refractivity contribution in [3.63, 3.8) is 0 Å². The predicted molar refractivity (Wildman–Crippen MR) is 115 cm³/mol. The molecule has 3 aromatic rings. The monoisotopic (exact) mass is 442 g/mol. The molecule has 0 saturated heterocycles. The largest absolute Gasteiger partial charge is 0.465 e. The topological polar surface area (TPSA) is 101 Å². The van der Waals surface area contributed by atoms with E-state index < -0.39 is 18.5 Å². The summed E-state index contributed by atoms with van der Waals surface area (Å²) in [7, 11) is 1.27. The summed E-state index contributed by atoms with van der Waals surface area (Å²) < 4.78 is 17.0. The molecule has 0 atom stereocenters. The normalized spacial score (nSPS) is 11.1. The van der Waals surface area contributed by atoms with Crippen LogP contribution in [-0.4, -0.2) is 41.0 Å². The zero-order valence-corrected chi connectivity index (χ0v) is 18.7. The summed E-state index contributed by atoms with van der Waals surface area (Å²) in [6, 6.07) is 3.23. The van der Waals surface area contributed by atoms with Crippen LogP contribution < -0.4 is 0 Å². The highest BCUT2D eigenvalue weighted by atomic mass is 32.1. The Morgan fingerprint density at radius 3 is 2.55 bits per heavy atom. The van der Waals surface area contributed by atoms with Gasteiger partial charge in [-0.15, -0.1) is 11.3 Å². The first-order valence-electron chi connectivity index (χ1n) is 9.39. The van der Waals surface area contributed by atoms with Gasteiger partial charge in [0.2, 0.25) is 5.78 Å². The number of rotatable bonds is 7. The summed E-state index contributed by atoms with van der Waals surface area (Å²) in [6.07, 6.45) is 2.50. The minimum absolute atomic E-state index is 0.275. The third kappa shape index (κ3) is 4.83. The Hall–Kier alpha value is -3.46. The van der Waals surface area contributed by atoms with Gasteiger partial charge in [0.25, 0.3) is 0 Å². The van der Waals surface area contributed by atoms with E-state index in [1.54, 1.807) is 13.0 Å². The van der Waals surface area contributed by atoms with E-state index in [-0.39, 0.29) is 11.3 Å². The summed E-state index contributed by atoms with van der Waals surface area (Å²) in [5, 5.41) is 2.73. The van der Waals surface area contributed by atoms with Crippen LogP contribution in [-0.2, 0) is 14.3 Å². The maximum atomic E-state index is 12.6. The number of carbonyl (C=O) groups excluding carboxylic acids is 3. The van der Waals surface area contributed by atoms with Gasteiger partial charge in [-0.1, -0.05) is 0 Å². The second kappa shape index (κ2) is 9.13. The molecule has 0 saturated carbocycles. The lowest BCUT2D eigenvalue weighted by atomic mass is 10.1. The lowest BCUT2D eigenvalue weighted by molar-refractivity contribution is -0.136. The Labute approximate surface area is 183 Å². The Kier molecular flexibility index (Phi) is 6.55. The molecule has 0 fully saturated rings. The smallest absolute Gasteiger partial charge is 0.341 e. The zero-order valence-electron chi connectivity index (χ0n) is 17.8. The number of Topliss-reactive ketones (excluding diaryl/α,β-unsaturated/α-hetero) is 1. The molecule has 8 nitrogen and oxygen atoms in total. The summed E-state index contributed by atoms with van der Waals surface area (Å²) in [5.74, 6) is -0.869. The lowest BCUT2D eigenvalue weighted by Gasteiger charge is -2.05. The highest BCUT2D eigenvalue weighted by Crippen LogP contribution is 2.24. The van der Waals surface area contributed by atoms with Gasteiger partial charge in [0.15, 0.2) is 11.7 Å². The van der Waals surface area contributed by atoms with Gasteiger partial charge in [0.05, 0.1) is 12.8 Å². The first-order chi connectivity index (χ1) is 14.7. The van der Waals surface area contributed by atoms with Crippen molar-refractivity contribution in [1.29, 1.82) is 0 Å². The average molecular weight is 442 g/mol. The Balaban J connectivity index is 1.64. The standard InChI is InChI=1S/C22H22N2O6S/c1-12-11-31-22(23-12)24-13(2)8-17(14(24)3)19(25)10-29-20(26)7-6-16-9-18(15(4)30-16)21(27)28-5/h6-9,11H,10H2,1-5H3/b7-6+. The first-order valence-corrected chi connectivity index (χ1v) is 10.3. The number of nitrogens with zero attached hydrogens (tertiary/aromatic N) is 2. The molecule has 0 radical (unpaired) electrons. The van der Waals surface area contributed by atoms with Crippen LogP contribution >= 0.6 is 11.3 Å². The summed E-state index contributed by atoms with van der Waals surface area (Å²) >= 11 is 1.49. The van der Waals surface area contributed by atoms with Gasteiger partial charge in [0, 0.05) is 28.4 Å². The molecule has 0 aromatic carbocycles. The van der Waals surface area contributed by atoms with Crippen molar-refractivity contribution in [2.75, 3.05) is 13.7 Å². The van der Waals surface area contributed by atoms with E-state index >= 15 is 0 Å². The van der Waals surface area contributed by atoms with Crippen molar-refractivity contribution < 1.29 is 28.3 Å². The number of aromatic nitrogens is 2. The van der Waals surface area contributed by atoms with Crippen LogP contribution in [0.4, 0.5) is 0 Å². The molecule has 3 rings (SSSR count). The Morgan fingerprint density at radius 1 is 1.16 bits per heavy atom. The van der Waals surface area contributed by atoms with Gasteiger partial charge < -0.3 is 13.9 Å². The number of aryl methyl sites for hydroxylation is 3. The molecule has 3 heterocycles. The molecule has 0 amide bonds. The molecule has 0 bridgehead atoms. The number of carbonyl (C=O) groups is 3. The molecule has 0 spiro atoms. The number of ketones is 1. The number of hydrogen-bond acceptors (Lipinski definition) is 8. The Bertz CT molecular complexity index is 1180. The van der Waals surface area contributed by atoms with Crippen LogP contribution in [0.5, 0.6) is 0 Å². The third-order valence-corrected chi connectivity index (χ3v) is 5.54. The molecular weight excluding hydrogens is 420 g/mol. The van der Waals surface area contributed by atoms with Crippen molar-refractivity contribution in [2.45, 2.75) is 27.7 Å². The van der Waals surface area contributed by atoms with E-state index in [1.165, 1.54) is 30.6 Å². The van der Waals surface area contributed by atoms with Crippen LogP contribution in [0.15, 0.2) is 28.0 Å². The minimum Gasteiger partial charge on any atom is -0.465 e. The summed E-state index contributed by atoms with van der Waals surface area (Å²) in [5.41, 5.74) is 3.27. The molecule has 31 heavy (non-hydrogen) atoms. The second-order valence-corrected chi connectivity index (χ2v) is 7.70. The quantitative estimate of drug-likeness (QED) is 0.310. The van der Waals surface area contributed by atoms with E-state index in [0.29, 0.717) is 17.1 Å². The van der Waals surface area contributed by atoms with E-state index in [0.717, 1.165) is 28.3 Å². The molecule has 162 valence electrons. The highest BCUT2D eigenvalue weighted by Gasteiger charge is 2.19. The molecular formula is C22H22N2O6S.